The Bertz CT molecular complexity index is 676. The molecule has 1 aromatic carbocycles. The maximum atomic E-state index is 12.5. The van der Waals surface area contributed by atoms with Gasteiger partial charge in [-0.05, 0) is 17.7 Å². The van der Waals surface area contributed by atoms with E-state index in [0.717, 1.165) is 5.56 Å². The van der Waals surface area contributed by atoms with Gasteiger partial charge in [0.05, 0.1) is 0 Å². The van der Waals surface area contributed by atoms with Gasteiger partial charge in [-0.1, -0.05) is 30.3 Å². The molecule has 1 amide bonds. The number of carbonyl (C=O) groups is 1. The first-order valence-electron chi connectivity index (χ1n) is 6.65. The Morgan fingerprint density at radius 2 is 1.95 bits per heavy atom. The maximum absolute atomic E-state index is 12.5. The molecule has 0 unspecified atom stereocenters. The molecule has 2 aromatic heterocycles. The average molecular weight is 281 g/mol. The van der Waals surface area contributed by atoms with Crippen LogP contribution in [0, 0.1) is 0 Å². The number of nitrogens with one attached hydrogen (secondary N) is 2. The van der Waals surface area contributed by atoms with Crippen molar-refractivity contribution in [1.82, 2.24) is 19.7 Å². The van der Waals surface area contributed by atoms with E-state index < -0.39 is 0 Å². The number of rotatable bonds is 5. The number of H-pyrrole nitrogens is 1. The van der Waals surface area contributed by atoms with Crippen LogP contribution in [0.4, 0.5) is 5.95 Å². The molecule has 3 rings (SSSR count). The van der Waals surface area contributed by atoms with Crippen LogP contribution in [0.25, 0.3) is 0 Å². The summed E-state index contributed by atoms with van der Waals surface area (Å²) in [6, 6.07) is 13.4. The van der Waals surface area contributed by atoms with Crippen LogP contribution in [-0.2, 0) is 11.2 Å². The number of amides is 1. The minimum absolute atomic E-state index is 0.133. The summed E-state index contributed by atoms with van der Waals surface area (Å²) in [7, 11) is 0. The highest BCUT2D eigenvalue weighted by Gasteiger charge is 2.21. The lowest BCUT2D eigenvalue weighted by Crippen LogP contribution is -2.27. The summed E-state index contributed by atoms with van der Waals surface area (Å²) in [5.74, 6) is 0.219. The second-order valence-corrected chi connectivity index (χ2v) is 4.66. The zero-order valence-electron chi connectivity index (χ0n) is 11.3. The van der Waals surface area contributed by atoms with Crippen molar-refractivity contribution in [2.24, 2.45) is 0 Å². The summed E-state index contributed by atoms with van der Waals surface area (Å²) in [5.41, 5.74) is 1.10. The van der Waals surface area contributed by atoms with E-state index in [1.54, 1.807) is 0 Å². The normalized spacial score (nSPS) is 12.0. The third kappa shape index (κ3) is 3.17. The number of nitrogens with zero attached hydrogens (tertiary/aromatic N) is 3. The van der Waals surface area contributed by atoms with Crippen LogP contribution < -0.4 is 5.32 Å². The van der Waals surface area contributed by atoms with Crippen LogP contribution in [0.1, 0.15) is 11.6 Å². The van der Waals surface area contributed by atoms with E-state index in [4.69, 9.17) is 0 Å². The molecule has 0 bridgehead atoms. The van der Waals surface area contributed by atoms with Crippen molar-refractivity contribution in [3.63, 3.8) is 0 Å². The summed E-state index contributed by atoms with van der Waals surface area (Å²) in [6.45, 7) is 0. The molecule has 1 atom stereocenters. The van der Waals surface area contributed by atoms with Crippen LogP contribution >= 0.6 is 0 Å². The largest absolute Gasteiger partial charge is 0.342 e. The first kappa shape index (κ1) is 13.1. The van der Waals surface area contributed by atoms with Gasteiger partial charge < -0.3 is 4.57 Å². The minimum Gasteiger partial charge on any atom is -0.342 e. The van der Waals surface area contributed by atoms with Crippen LogP contribution in [-0.4, -0.2) is 25.7 Å². The lowest BCUT2D eigenvalue weighted by molar-refractivity contribution is -0.119. The fraction of sp³-hybridized carbons (Fsp3) is 0.133. The van der Waals surface area contributed by atoms with Gasteiger partial charge in [-0.15, -0.1) is 0 Å². The summed E-state index contributed by atoms with van der Waals surface area (Å²) >= 11 is 0. The van der Waals surface area contributed by atoms with Gasteiger partial charge in [0.25, 0.3) is 0 Å². The van der Waals surface area contributed by atoms with E-state index in [2.05, 4.69) is 20.5 Å². The second kappa shape index (κ2) is 6.04. The van der Waals surface area contributed by atoms with Crippen molar-refractivity contribution in [3.8, 4) is 0 Å². The van der Waals surface area contributed by atoms with E-state index in [1.165, 1.54) is 6.33 Å². The lowest BCUT2D eigenvalue weighted by Gasteiger charge is -2.18. The topological polar surface area (TPSA) is 75.6 Å². The van der Waals surface area contributed by atoms with Crippen molar-refractivity contribution in [3.05, 3.63) is 66.7 Å². The molecule has 2 heterocycles. The van der Waals surface area contributed by atoms with E-state index in [-0.39, 0.29) is 11.9 Å². The summed E-state index contributed by atoms with van der Waals surface area (Å²) < 4.78 is 1.89. The maximum Gasteiger partial charge on any atom is 0.250 e. The minimum atomic E-state index is -0.340. The van der Waals surface area contributed by atoms with Crippen LogP contribution in [0.2, 0.25) is 0 Å². The predicted molar refractivity (Wildman–Crippen MR) is 78.6 cm³/mol. The SMILES string of the molecule is O=C(Nc1ncn[nH]1)[C@@H](Cc1ccccc1)n1cccc1. The molecular weight excluding hydrogens is 266 g/mol. The summed E-state index contributed by atoms with van der Waals surface area (Å²) in [6.07, 6.45) is 5.73. The molecule has 0 saturated heterocycles. The van der Waals surface area contributed by atoms with E-state index in [0.29, 0.717) is 12.4 Å². The number of hydrogen-bond donors (Lipinski definition) is 2. The second-order valence-electron chi connectivity index (χ2n) is 4.66. The van der Waals surface area contributed by atoms with Gasteiger partial charge in [-0.3, -0.25) is 10.1 Å². The van der Waals surface area contributed by atoms with E-state index >= 15 is 0 Å². The lowest BCUT2D eigenvalue weighted by atomic mass is 10.1. The fourth-order valence-corrected chi connectivity index (χ4v) is 2.19. The third-order valence-electron chi connectivity index (χ3n) is 3.22. The van der Waals surface area contributed by atoms with Crippen molar-refractivity contribution >= 4 is 11.9 Å². The Labute approximate surface area is 121 Å². The van der Waals surface area contributed by atoms with Gasteiger partial charge in [-0.2, -0.15) is 10.1 Å². The molecule has 0 saturated carbocycles. The molecule has 3 aromatic rings. The standard InChI is InChI=1S/C15H15N5O/c21-14(18-15-16-11-17-19-15)13(20-8-4-5-9-20)10-12-6-2-1-3-7-12/h1-9,11,13H,10H2,(H2,16,17,18,19,21)/t13-/m1/s1. The predicted octanol–water partition coefficient (Wildman–Crippen LogP) is 2.03. The highest BCUT2D eigenvalue weighted by Crippen LogP contribution is 2.16. The monoisotopic (exact) mass is 281 g/mol. The van der Waals surface area contributed by atoms with E-state index in [1.807, 2.05) is 59.4 Å². The third-order valence-corrected chi connectivity index (χ3v) is 3.22. The van der Waals surface area contributed by atoms with Gasteiger partial charge in [0.2, 0.25) is 11.9 Å². The van der Waals surface area contributed by atoms with Crippen molar-refractivity contribution in [2.45, 2.75) is 12.5 Å². The highest BCUT2D eigenvalue weighted by molar-refractivity contribution is 5.92. The Morgan fingerprint density at radius 3 is 2.62 bits per heavy atom. The van der Waals surface area contributed by atoms with Gasteiger partial charge in [-0.25, -0.2) is 5.10 Å². The first-order chi connectivity index (χ1) is 10.3. The Morgan fingerprint density at radius 1 is 1.19 bits per heavy atom. The van der Waals surface area contributed by atoms with Gasteiger partial charge in [0.15, 0.2) is 0 Å². The zero-order chi connectivity index (χ0) is 14.5. The number of aromatic nitrogens is 4. The molecule has 2 N–H and O–H groups in total. The molecule has 106 valence electrons. The van der Waals surface area contributed by atoms with Crippen LogP contribution in [0.5, 0.6) is 0 Å². The summed E-state index contributed by atoms with van der Waals surface area (Å²) in [4.78, 5) is 16.4. The number of benzene rings is 1. The molecule has 21 heavy (non-hydrogen) atoms. The van der Waals surface area contributed by atoms with Gasteiger partial charge in [0.1, 0.15) is 12.4 Å². The van der Waals surface area contributed by atoms with Gasteiger partial charge >= 0.3 is 0 Å². The Hall–Kier alpha value is -2.89. The molecule has 0 spiro atoms. The summed E-state index contributed by atoms with van der Waals surface area (Å²) in [5, 5.41) is 9.10. The average Bonchev–Trinajstić information content (AvgIpc) is 3.19. The van der Waals surface area contributed by atoms with Crippen molar-refractivity contribution < 1.29 is 4.79 Å². The molecule has 0 radical (unpaired) electrons. The molecule has 0 aliphatic heterocycles. The molecule has 6 heteroatoms. The fourth-order valence-electron chi connectivity index (χ4n) is 2.19. The Balaban J connectivity index is 1.81. The smallest absolute Gasteiger partial charge is 0.250 e. The Kier molecular flexibility index (Phi) is 3.77. The molecule has 0 aliphatic carbocycles. The number of anilines is 1. The molecule has 0 aliphatic rings. The first-order valence-corrected chi connectivity index (χ1v) is 6.65. The quantitative estimate of drug-likeness (QED) is 0.751. The van der Waals surface area contributed by atoms with Crippen LogP contribution in [0.15, 0.2) is 61.2 Å². The molecule has 0 fully saturated rings. The van der Waals surface area contributed by atoms with Gasteiger partial charge in [0, 0.05) is 18.8 Å². The highest BCUT2D eigenvalue weighted by atomic mass is 16.2. The van der Waals surface area contributed by atoms with Crippen molar-refractivity contribution in [2.75, 3.05) is 5.32 Å². The zero-order valence-corrected chi connectivity index (χ0v) is 11.3. The van der Waals surface area contributed by atoms with Crippen molar-refractivity contribution in [1.29, 1.82) is 0 Å². The molecular formula is C15H15N5O. The number of carbonyl (C=O) groups excluding carboxylic acids is 1. The number of hydrogen-bond acceptors (Lipinski definition) is 3. The van der Waals surface area contributed by atoms with E-state index in [9.17, 15) is 4.79 Å². The van der Waals surface area contributed by atoms with Crippen LogP contribution in [0.3, 0.4) is 0 Å². The number of aromatic amines is 1. The molecule has 6 nitrogen and oxygen atoms in total.